The number of hydrogen-bond donors (Lipinski definition) is 3. The fourth-order valence-electron chi connectivity index (χ4n) is 1.95. The zero-order valence-electron chi connectivity index (χ0n) is 9.94. The number of aliphatic hydroxyl groups excluding tert-OH is 1. The average Bonchev–Trinajstić information content (AvgIpc) is 2.83. The molecular formula is C10H13N5O3S. The molecule has 2 aromatic rings. The van der Waals surface area contributed by atoms with Crippen molar-refractivity contribution < 1.29 is 9.84 Å². The topological polar surface area (TPSA) is 119 Å². The third-order valence-corrected chi connectivity index (χ3v) is 4.23. The van der Waals surface area contributed by atoms with Gasteiger partial charge in [-0.25, -0.2) is 4.98 Å². The Bertz CT molecular complexity index is 646. The number of H-pyrrole nitrogens is 1. The van der Waals surface area contributed by atoms with Gasteiger partial charge in [0.05, 0.1) is 25.6 Å². The number of nitrogen functional groups attached to an aromatic ring is 1. The summed E-state index contributed by atoms with van der Waals surface area (Å²) in [6.45, 7) is 0.436. The molecule has 0 aromatic carbocycles. The second kappa shape index (κ2) is 4.83. The lowest BCUT2D eigenvalue weighted by atomic mass is 10.4. The van der Waals surface area contributed by atoms with Gasteiger partial charge in [0, 0.05) is 5.75 Å². The highest BCUT2D eigenvalue weighted by molar-refractivity contribution is 7.99. The van der Waals surface area contributed by atoms with Crippen LogP contribution in [0.3, 0.4) is 0 Å². The molecule has 0 radical (unpaired) electrons. The lowest BCUT2D eigenvalue weighted by Gasteiger charge is -2.28. The summed E-state index contributed by atoms with van der Waals surface area (Å²) in [7, 11) is 0. The standard InChI is InChI=1S/C10H13N5O3S/c11-10-13-8-7(9(17)14-10)12-4-15(8)6-2-18-5(1-16)3-19-6/h4-6,16H,1-3H2,(H3,11,13,14,17). The Morgan fingerprint density at radius 1 is 1.68 bits per heavy atom. The first-order chi connectivity index (χ1) is 9.19. The van der Waals surface area contributed by atoms with E-state index in [9.17, 15) is 4.79 Å². The highest BCUT2D eigenvalue weighted by Gasteiger charge is 2.25. The van der Waals surface area contributed by atoms with E-state index in [2.05, 4.69) is 15.0 Å². The van der Waals surface area contributed by atoms with Gasteiger partial charge in [0.1, 0.15) is 5.37 Å². The first-order valence-corrected chi connectivity index (χ1v) is 6.80. The van der Waals surface area contributed by atoms with Crippen molar-refractivity contribution in [3.8, 4) is 0 Å². The number of nitrogens with one attached hydrogen (secondary N) is 1. The van der Waals surface area contributed by atoms with Gasteiger partial charge in [0.25, 0.3) is 5.56 Å². The summed E-state index contributed by atoms with van der Waals surface area (Å²) in [6.07, 6.45) is 1.42. The maximum absolute atomic E-state index is 11.7. The molecule has 0 bridgehead atoms. The van der Waals surface area contributed by atoms with Gasteiger partial charge in [-0.2, -0.15) is 4.98 Å². The number of thioether (sulfide) groups is 1. The van der Waals surface area contributed by atoms with Crippen LogP contribution in [0, 0.1) is 0 Å². The zero-order valence-corrected chi connectivity index (χ0v) is 10.8. The van der Waals surface area contributed by atoms with Crippen molar-refractivity contribution in [2.75, 3.05) is 24.7 Å². The predicted molar refractivity (Wildman–Crippen MR) is 70.9 cm³/mol. The van der Waals surface area contributed by atoms with Crippen molar-refractivity contribution in [1.82, 2.24) is 19.5 Å². The smallest absolute Gasteiger partial charge is 0.280 e. The van der Waals surface area contributed by atoms with E-state index in [0.29, 0.717) is 18.0 Å². The minimum atomic E-state index is -0.351. The molecule has 1 fully saturated rings. The molecule has 8 nitrogen and oxygen atoms in total. The summed E-state index contributed by atoms with van der Waals surface area (Å²) in [5.41, 5.74) is 5.91. The molecule has 3 rings (SSSR count). The Morgan fingerprint density at radius 2 is 2.53 bits per heavy atom. The van der Waals surface area contributed by atoms with Gasteiger partial charge in [0.2, 0.25) is 5.95 Å². The fraction of sp³-hybridized carbons (Fsp3) is 0.500. The van der Waals surface area contributed by atoms with E-state index in [0.717, 1.165) is 0 Å². The highest BCUT2D eigenvalue weighted by Crippen LogP contribution is 2.31. The van der Waals surface area contributed by atoms with Crippen LogP contribution in [0.5, 0.6) is 0 Å². The van der Waals surface area contributed by atoms with Gasteiger partial charge in [-0.1, -0.05) is 0 Å². The Kier molecular flexibility index (Phi) is 3.17. The molecule has 2 atom stereocenters. The number of aromatic nitrogens is 4. The molecule has 0 spiro atoms. The molecule has 19 heavy (non-hydrogen) atoms. The maximum Gasteiger partial charge on any atom is 0.280 e. The average molecular weight is 283 g/mol. The number of aromatic amines is 1. The molecule has 2 unspecified atom stereocenters. The third kappa shape index (κ3) is 2.20. The summed E-state index contributed by atoms with van der Waals surface area (Å²) >= 11 is 1.63. The summed E-state index contributed by atoms with van der Waals surface area (Å²) in [6, 6.07) is 0. The third-order valence-electron chi connectivity index (χ3n) is 2.91. The van der Waals surface area contributed by atoms with Crippen molar-refractivity contribution in [3.63, 3.8) is 0 Å². The normalized spacial score (nSPS) is 23.8. The number of ether oxygens (including phenoxy) is 1. The van der Waals surface area contributed by atoms with E-state index >= 15 is 0 Å². The molecule has 1 aliphatic rings. The molecule has 4 N–H and O–H groups in total. The van der Waals surface area contributed by atoms with Gasteiger partial charge in [-0.3, -0.25) is 14.3 Å². The van der Waals surface area contributed by atoms with Crippen molar-refractivity contribution in [3.05, 3.63) is 16.7 Å². The van der Waals surface area contributed by atoms with E-state index in [4.69, 9.17) is 15.6 Å². The molecule has 102 valence electrons. The van der Waals surface area contributed by atoms with Gasteiger partial charge in [-0.15, -0.1) is 11.8 Å². The Balaban J connectivity index is 1.96. The van der Waals surface area contributed by atoms with E-state index in [1.165, 1.54) is 0 Å². The minimum absolute atomic E-state index is 0.00919. The fourth-order valence-corrected chi connectivity index (χ4v) is 3.08. The molecule has 1 saturated heterocycles. The van der Waals surface area contributed by atoms with Crippen molar-refractivity contribution in [1.29, 1.82) is 0 Å². The molecule has 0 aliphatic carbocycles. The molecule has 3 heterocycles. The van der Waals surface area contributed by atoms with Crippen molar-refractivity contribution in [2.24, 2.45) is 0 Å². The maximum atomic E-state index is 11.7. The number of imidazole rings is 1. The number of anilines is 1. The van der Waals surface area contributed by atoms with Crippen LogP contribution in [0.25, 0.3) is 11.2 Å². The molecular weight excluding hydrogens is 270 g/mol. The summed E-state index contributed by atoms with van der Waals surface area (Å²) < 4.78 is 7.29. The predicted octanol–water partition coefficient (Wildman–Crippen LogP) is -0.675. The monoisotopic (exact) mass is 283 g/mol. The van der Waals surface area contributed by atoms with Crippen LogP contribution in [-0.4, -0.2) is 49.7 Å². The van der Waals surface area contributed by atoms with Gasteiger partial charge < -0.3 is 15.6 Å². The van der Waals surface area contributed by atoms with E-state index < -0.39 is 0 Å². The van der Waals surface area contributed by atoms with Gasteiger partial charge in [0.15, 0.2) is 11.2 Å². The van der Waals surface area contributed by atoms with E-state index in [-0.39, 0.29) is 35.1 Å². The van der Waals surface area contributed by atoms with Crippen LogP contribution < -0.4 is 11.3 Å². The molecule has 0 amide bonds. The highest BCUT2D eigenvalue weighted by atomic mass is 32.2. The van der Waals surface area contributed by atoms with E-state index in [1.807, 2.05) is 0 Å². The molecule has 2 aromatic heterocycles. The minimum Gasteiger partial charge on any atom is -0.394 e. The first kappa shape index (κ1) is 12.5. The number of aliphatic hydroxyl groups is 1. The van der Waals surface area contributed by atoms with Gasteiger partial charge in [-0.05, 0) is 0 Å². The second-order valence-electron chi connectivity index (χ2n) is 4.20. The van der Waals surface area contributed by atoms with Crippen LogP contribution in [0.15, 0.2) is 11.1 Å². The lowest BCUT2D eigenvalue weighted by Crippen LogP contribution is -2.30. The Labute approximate surface area is 112 Å². The second-order valence-corrected chi connectivity index (χ2v) is 5.41. The summed E-state index contributed by atoms with van der Waals surface area (Å²) in [4.78, 5) is 22.3. The first-order valence-electron chi connectivity index (χ1n) is 5.75. The Hall–Kier alpha value is -1.58. The van der Waals surface area contributed by atoms with Crippen LogP contribution >= 0.6 is 11.8 Å². The van der Waals surface area contributed by atoms with Crippen LogP contribution in [0.2, 0.25) is 0 Å². The number of nitrogens with two attached hydrogens (primary N) is 1. The molecule has 0 saturated carbocycles. The van der Waals surface area contributed by atoms with Crippen LogP contribution in [-0.2, 0) is 4.74 Å². The number of nitrogens with zero attached hydrogens (tertiary/aromatic N) is 3. The quantitative estimate of drug-likeness (QED) is 0.668. The number of rotatable bonds is 2. The molecule has 9 heteroatoms. The summed E-state index contributed by atoms with van der Waals surface area (Å²) in [5.74, 6) is 0.744. The van der Waals surface area contributed by atoms with Crippen molar-refractivity contribution >= 4 is 28.9 Å². The number of fused-ring (bicyclic) bond motifs is 1. The molecule has 1 aliphatic heterocycles. The van der Waals surface area contributed by atoms with Crippen LogP contribution in [0.1, 0.15) is 5.37 Å². The van der Waals surface area contributed by atoms with Crippen LogP contribution in [0.4, 0.5) is 5.95 Å². The largest absolute Gasteiger partial charge is 0.394 e. The van der Waals surface area contributed by atoms with E-state index in [1.54, 1.807) is 22.7 Å². The SMILES string of the molecule is Nc1nc2c(ncn2C2COC(CO)CS2)c(=O)[nH]1. The van der Waals surface area contributed by atoms with Gasteiger partial charge >= 0.3 is 0 Å². The lowest BCUT2D eigenvalue weighted by molar-refractivity contribution is 0.0161. The Morgan fingerprint density at radius 3 is 3.21 bits per heavy atom. The number of hydrogen-bond acceptors (Lipinski definition) is 7. The zero-order chi connectivity index (χ0) is 13.4. The summed E-state index contributed by atoms with van der Waals surface area (Å²) in [5, 5.41) is 8.99. The van der Waals surface area contributed by atoms with Crippen molar-refractivity contribution in [2.45, 2.75) is 11.5 Å².